The molecule has 0 fully saturated rings. The van der Waals surface area contributed by atoms with E-state index in [1.54, 1.807) is 41.3 Å². The van der Waals surface area contributed by atoms with E-state index >= 15 is 0 Å². The molecule has 1 heterocycles. The van der Waals surface area contributed by atoms with Gasteiger partial charge in [0, 0.05) is 24.0 Å². The van der Waals surface area contributed by atoms with Gasteiger partial charge in [0.25, 0.3) is 0 Å². The minimum absolute atomic E-state index is 0.299. The Morgan fingerprint density at radius 2 is 2.05 bits per heavy atom. The van der Waals surface area contributed by atoms with Crippen molar-refractivity contribution in [2.75, 3.05) is 10.6 Å². The van der Waals surface area contributed by atoms with Crippen LogP contribution < -0.4 is 13.7 Å². The lowest BCUT2D eigenvalue weighted by molar-refractivity contribution is 0.262. The molecular weight excluding hydrogens is 364 g/mol. The number of nitrogens with zero attached hydrogens (tertiary/aromatic N) is 1. The lowest BCUT2D eigenvalue weighted by Gasteiger charge is -2.08. The molecule has 0 saturated heterocycles. The Labute approximate surface area is 122 Å². The number of hydrogen-bond donors (Lipinski definition) is 2. The zero-order valence-electron chi connectivity index (χ0n) is 9.56. The van der Waals surface area contributed by atoms with Gasteiger partial charge >= 0.3 is 6.03 Å². The number of carbonyl (C=O) groups is 1. The van der Waals surface area contributed by atoms with Gasteiger partial charge in [-0.15, -0.1) is 0 Å². The van der Waals surface area contributed by atoms with Gasteiger partial charge in [0.05, 0.1) is 11.9 Å². The maximum Gasteiger partial charge on any atom is 0.323 e. The lowest BCUT2D eigenvalue weighted by atomic mass is 10.3. The van der Waals surface area contributed by atoms with E-state index in [0.29, 0.717) is 17.1 Å². The molecule has 2 rings (SSSR count). The van der Waals surface area contributed by atoms with Crippen molar-refractivity contribution in [2.45, 2.75) is 0 Å². The second-order valence-corrected chi connectivity index (χ2v) is 4.01. The van der Waals surface area contributed by atoms with Crippen molar-refractivity contribution >= 4 is 40.4 Å². The molecule has 5 nitrogen and oxygen atoms in total. The first-order valence-electron chi connectivity index (χ1n) is 5.24. The highest BCUT2D eigenvalue weighted by atomic mass is 127. The van der Waals surface area contributed by atoms with Gasteiger partial charge in [0.1, 0.15) is 11.6 Å². The molecule has 98 valence electrons. The number of carbonyl (C=O) groups excluding carboxylic acids is 1. The van der Waals surface area contributed by atoms with Crippen molar-refractivity contribution in [1.82, 2.24) is 4.98 Å². The average molecular weight is 373 g/mol. The fraction of sp³-hybridized carbons (Fsp3) is 0. The summed E-state index contributed by atoms with van der Waals surface area (Å²) in [6.07, 6.45) is 3.10. The molecule has 2 aromatic rings. The highest BCUT2D eigenvalue weighted by molar-refractivity contribution is 14.1. The van der Waals surface area contributed by atoms with Gasteiger partial charge in [-0.05, 0) is 18.2 Å². The molecule has 0 bridgehead atoms. The molecule has 2 N–H and O–H groups in total. The number of halogens is 2. The maximum atomic E-state index is 13.2. The smallest absolute Gasteiger partial charge is 0.323 e. The van der Waals surface area contributed by atoms with E-state index < -0.39 is 11.8 Å². The normalized spacial score (nSPS) is 9.79. The van der Waals surface area contributed by atoms with Crippen molar-refractivity contribution in [3.8, 4) is 5.75 Å². The van der Waals surface area contributed by atoms with Crippen LogP contribution in [0.25, 0.3) is 0 Å². The number of amides is 2. The Balaban J connectivity index is 2.05. The summed E-state index contributed by atoms with van der Waals surface area (Å²) in [6.45, 7) is 0. The van der Waals surface area contributed by atoms with Crippen molar-refractivity contribution in [3.63, 3.8) is 0 Å². The van der Waals surface area contributed by atoms with Crippen LogP contribution in [0.2, 0.25) is 0 Å². The molecule has 7 heteroatoms. The van der Waals surface area contributed by atoms with Crippen molar-refractivity contribution < 1.29 is 12.3 Å². The Hall–Kier alpha value is -1.90. The van der Waals surface area contributed by atoms with Crippen LogP contribution in [-0.4, -0.2) is 11.0 Å². The number of pyridine rings is 1. The molecule has 1 aromatic heterocycles. The number of aromatic nitrogens is 1. The second kappa shape index (κ2) is 6.32. The molecule has 2 amide bonds. The van der Waals surface area contributed by atoms with E-state index in [1.807, 2.05) is 0 Å². The molecule has 0 unspecified atom stereocenters. The fourth-order valence-corrected chi connectivity index (χ4v) is 1.66. The Kier molecular flexibility index (Phi) is 4.50. The van der Waals surface area contributed by atoms with Crippen LogP contribution in [0.3, 0.4) is 0 Å². The van der Waals surface area contributed by atoms with Crippen LogP contribution in [0, 0.1) is 5.82 Å². The summed E-state index contributed by atoms with van der Waals surface area (Å²) in [6, 6.07) is 6.83. The molecule has 0 radical (unpaired) electrons. The van der Waals surface area contributed by atoms with Crippen molar-refractivity contribution in [3.05, 3.63) is 48.5 Å². The zero-order chi connectivity index (χ0) is 13.7. The Bertz CT molecular complexity index is 580. The predicted octanol–water partition coefficient (Wildman–Crippen LogP) is 3.59. The predicted molar refractivity (Wildman–Crippen MR) is 77.9 cm³/mol. The van der Waals surface area contributed by atoms with Gasteiger partial charge in [-0.3, -0.25) is 4.98 Å². The molecular formula is C12H9FIN3O2. The summed E-state index contributed by atoms with van der Waals surface area (Å²) in [5, 5.41) is 5.07. The number of benzene rings is 1. The first kappa shape index (κ1) is 13.5. The number of nitrogens with one attached hydrogen (secondary N) is 2. The SMILES string of the molecule is O=C(Nc1cccnc1)Nc1cc(F)cc(OI)c1. The number of hydrogen-bond acceptors (Lipinski definition) is 3. The molecule has 0 atom stereocenters. The Morgan fingerprint density at radius 1 is 1.26 bits per heavy atom. The van der Waals surface area contributed by atoms with Crippen LogP contribution in [0.1, 0.15) is 0 Å². The maximum absolute atomic E-state index is 13.2. The summed E-state index contributed by atoms with van der Waals surface area (Å²) in [5.41, 5.74) is 0.842. The molecule has 0 spiro atoms. The topological polar surface area (TPSA) is 63.2 Å². The summed E-state index contributed by atoms with van der Waals surface area (Å²) in [5.74, 6) is -0.178. The van der Waals surface area contributed by atoms with Gasteiger partial charge < -0.3 is 13.7 Å². The van der Waals surface area contributed by atoms with Gasteiger partial charge in [-0.2, -0.15) is 0 Å². The summed E-state index contributed by atoms with van der Waals surface area (Å²) in [7, 11) is 0. The lowest BCUT2D eigenvalue weighted by Crippen LogP contribution is -2.19. The molecule has 19 heavy (non-hydrogen) atoms. The molecule has 0 aliphatic rings. The van der Waals surface area contributed by atoms with Crippen LogP contribution >= 0.6 is 23.0 Å². The van der Waals surface area contributed by atoms with Gasteiger partial charge in [-0.25, -0.2) is 9.18 Å². The monoisotopic (exact) mass is 373 g/mol. The average Bonchev–Trinajstić information content (AvgIpc) is 2.38. The fourth-order valence-electron chi connectivity index (χ4n) is 1.41. The zero-order valence-corrected chi connectivity index (χ0v) is 11.7. The van der Waals surface area contributed by atoms with Crippen LogP contribution in [0.4, 0.5) is 20.6 Å². The van der Waals surface area contributed by atoms with Crippen LogP contribution in [0.5, 0.6) is 5.75 Å². The minimum atomic E-state index is -0.495. The molecule has 1 aromatic carbocycles. The third-order valence-electron chi connectivity index (χ3n) is 2.14. The highest BCUT2D eigenvalue weighted by Gasteiger charge is 2.06. The third-order valence-corrected chi connectivity index (χ3v) is 2.65. The van der Waals surface area contributed by atoms with Crippen LogP contribution in [-0.2, 0) is 0 Å². The largest absolute Gasteiger partial charge is 0.428 e. The van der Waals surface area contributed by atoms with Gasteiger partial charge in [0.15, 0.2) is 23.0 Å². The van der Waals surface area contributed by atoms with Crippen LogP contribution in [0.15, 0.2) is 42.7 Å². The highest BCUT2D eigenvalue weighted by Crippen LogP contribution is 2.21. The molecule has 0 aliphatic carbocycles. The van der Waals surface area contributed by atoms with Gasteiger partial charge in [0.2, 0.25) is 0 Å². The molecule has 0 aliphatic heterocycles. The molecule has 0 saturated carbocycles. The van der Waals surface area contributed by atoms with Crippen molar-refractivity contribution in [1.29, 1.82) is 0 Å². The minimum Gasteiger partial charge on any atom is -0.428 e. The van der Waals surface area contributed by atoms with E-state index in [2.05, 4.69) is 15.6 Å². The van der Waals surface area contributed by atoms with Gasteiger partial charge in [-0.1, -0.05) is 0 Å². The third kappa shape index (κ3) is 4.05. The van der Waals surface area contributed by atoms with E-state index in [1.165, 1.54) is 24.4 Å². The quantitative estimate of drug-likeness (QED) is 0.809. The van der Waals surface area contributed by atoms with Crippen molar-refractivity contribution in [2.24, 2.45) is 0 Å². The summed E-state index contributed by atoms with van der Waals surface area (Å²) < 4.78 is 18.1. The summed E-state index contributed by atoms with van der Waals surface area (Å²) in [4.78, 5) is 15.5. The Morgan fingerprint density at radius 3 is 2.74 bits per heavy atom. The van der Waals surface area contributed by atoms with E-state index in [4.69, 9.17) is 3.07 Å². The number of urea groups is 1. The number of rotatable bonds is 3. The first-order chi connectivity index (χ1) is 9.17. The first-order valence-corrected chi connectivity index (χ1v) is 6.12. The summed E-state index contributed by atoms with van der Waals surface area (Å²) >= 11 is 1.64. The van der Waals surface area contributed by atoms with E-state index in [0.717, 1.165) is 0 Å². The standard InChI is InChI=1S/C12H9FIN3O2/c13-8-4-10(6-11(5-8)19-14)17-12(18)16-9-2-1-3-15-7-9/h1-7H,(H2,16,17,18). The van der Waals surface area contributed by atoms with E-state index in [9.17, 15) is 9.18 Å². The second-order valence-electron chi connectivity index (χ2n) is 3.57. The number of anilines is 2. The van der Waals surface area contributed by atoms with E-state index in [-0.39, 0.29) is 0 Å².